The average molecular weight is 618 g/mol. The van der Waals surface area contributed by atoms with Crippen LogP contribution in [-0.4, -0.2) is 88.2 Å². The summed E-state index contributed by atoms with van der Waals surface area (Å²) in [5.41, 5.74) is 2.89. The third-order valence-corrected chi connectivity index (χ3v) is 13.2. The van der Waals surface area contributed by atoms with Crippen LogP contribution in [0.15, 0.2) is 16.6 Å². The number of carbonyl (C=O) groups excluding carboxylic acids is 1. The molecule has 2 heterocycles. The van der Waals surface area contributed by atoms with Gasteiger partial charge in [0.2, 0.25) is 0 Å². The number of esters is 1. The molecule has 15 atom stereocenters. The average Bonchev–Trinajstić information content (AvgIpc) is 3.28. The van der Waals surface area contributed by atoms with Gasteiger partial charge >= 0.3 is 5.97 Å². The van der Waals surface area contributed by atoms with Crippen molar-refractivity contribution in [2.24, 2.45) is 51.3 Å². The molecule has 44 heavy (non-hydrogen) atoms. The van der Waals surface area contributed by atoms with Gasteiger partial charge in [-0.15, -0.1) is 0 Å². The predicted molar refractivity (Wildman–Crippen MR) is 165 cm³/mol. The van der Waals surface area contributed by atoms with Crippen LogP contribution in [0.5, 0.6) is 0 Å². The summed E-state index contributed by atoms with van der Waals surface area (Å²) in [6, 6.07) is 0. The van der Waals surface area contributed by atoms with Gasteiger partial charge < -0.3 is 34.6 Å². The van der Waals surface area contributed by atoms with Crippen molar-refractivity contribution in [1.29, 1.82) is 0 Å². The highest BCUT2D eigenvalue weighted by Crippen LogP contribution is 2.67. The summed E-state index contributed by atoms with van der Waals surface area (Å²) in [5.74, 6) is 2.62. The Morgan fingerprint density at radius 1 is 1.11 bits per heavy atom. The summed E-state index contributed by atoms with van der Waals surface area (Å²) >= 11 is 0. The van der Waals surface area contributed by atoms with Crippen LogP contribution in [0.2, 0.25) is 0 Å². The molecule has 6 rings (SSSR count). The van der Waals surface area contributed by atoms with Gasteiger partial charge in [-0.25, -0.2) is 0 Å². The van der Waals surface area contributed by atoms with E-state index in [0.717, 1.165) is 57.9 Å². The molecule has 1 unspecified atom stereocenters. The molecule has 0 radical (unpaired) electrons. The van der Waals surface area contributed by atoms with Crippen LogP contribution < -0.4 is 0 Å². The number of ether oxygens (including phenoxy) is 3. The standard InChI is InChI=1S/C35H55NO8/c1-18-6-9-26(36-16-18)19(2)29-27(42-20(3)38)15-25-23-8-7-21-14-22(10-12-34(21,4)24(23)11-13-35(25,29)5)43-33-32(41)31(40)30(39)28(17-37)44-33/h7,18-19,22-25,27-33,37,39-41H,6,8-17H2,1-5H3/t18-,19+,22?,23+,24-,25-,27-,28+,29-,30+,31-,32+,33+,34-,35-/m0/s1. The van der Waals surface area contributed by atoms with Crippen LogP contribution >= 0.6 is 0 Å². The van der Waals surface area contributed by atoms with Gasteiger partial charge in [0.1, 0.15) is 30.5 Å². The maximum atomic E-state index is 12.3. The molecule has 4 N–H and O–H groups in total. The molecule has 6 aliphatic rings. The Morgan fingerprint density at radius 2 is 1.89 bits per heavy atom. The lowest BCUT2D eigenvalue weighted by Gasteiger charge is -2.58. The molecule has 3 saturated carbocycles. The Hall–Kier alpha value is -1.36. The van der Waals surface area contributed by atoms with Crippen molar-refractivity contribution in [3.8, 4) is 0 Å². The van der Waals surface area contributed by atoms with E-state index in [0.29, 0.717) is 29.6 Å². The van der Waals surface area contributed by atoms with Gasteiger partial charge in [-0.2, -0.15) is 0 Å². The molecule has 0 aromatic carbocycles. The smallest absolute Gasteiger partial charge is 0.302 e. The molecule has 0 spiro atoms. The number of aliphatic hydroxyl groups is 4. The molecule has 0 aromatic rings. The second-order valence-electron chi connectivity index (χ2n) is 15.7. The monoisotopic (exact) mass is 617 g/mol. The third-order valence-electron chi connectivity index (χ3n) is 13.2. The van der Waals surface area contributed by atoms with Crippen LogP contribution in [0.25, 0.3) is 0 Å². The van der Waals surface area contributed by atoms with Crippen LogP contribution in [0.3, 0.4) is 0 Å². The first-order valence-electron chi connectivity index (χ1n) is 17.2. The van der Waals surface area contributed by atoms with Crippen molar-refractivity contribution in [3.63, 3.8) is 0 Å². The lowest BCUT2D eigenvalue weighted by Crippen LogP contribution is -2.60. The zero-order valence-electron chi connectivity index (χ0n) is 27.2. The van der Waals surface area contributed by atoms with E-state index in [4.69, 9.17) is 19.2 Å². The van der Waals surface area contributed by atoms with Crippen LogP contribution in [0, 0.1) is 46.3 Å². The highest BCUT2D eigenvalue weighted by atomic mass is 16.7. The lowest BCUT2D eigenvalue weighted by atomic mass is 9.47. The van der Waals surface area contributed by atoms with E-state index in [9.17, 15) is 25.2 Å². The topological polar surface area (TPSA) is 138 Å². The number of hydrogen-bond donors (Lipinski definition) is 4. The number of fused-ring (bicyclic) bond motifs is 5. The first kappa shape index (κ1) is 32.6. The summed E-state index contributed by atoms with van der Waals surface area (Å²) < 4.78 is 18.0. The second-order valence-corrected chi connectivity index (χ2v) is 15.7. The van der Waals surface area contributed by atoms with E-state index < -0.39 is 37.3 Å². The van der Waals surface area contributed by atoms with Gasteiger partial charge in [0.25, 0.3) is 0 Å². The maximum Gasteiger partial charge on any atom is 0.302 e. The Morgan fingerprint density at radius 3 is 2.57 bits per heavy atom. The zero-order valence-corrected chi connectivity index (χ0v) is 27.2. The first-order chi connectivity index (χ1) is 20.9. The summed E-state index contributed by atoms with van der Waals surface area (Å²) in [7, 11) is 0. The van der Waals surface area contributed by atoms with E-state index in [1.54, 1.807) is 6.92 Å². The van der Waals surface area contributed by atoms with Crippen molar-refractivity contribution in [1.82, 2.24) is 0 Å². The van der Waals surface area contributed by atoms with Crippen molar-refractivity contribution in [3.05, 3.63) is 11.6 Å². The molecule has 0 aromatic heterocycles. The van der Waals surface area contributed by atoms with Crippen molar-refractivity contribution in [2.45, 2.75) is 135 Å². The number of allylic oxidation sites excluding steroid dienone is 1. The van der Waals surface area contributed by atoms with Crippen LogP contribution in [0.4, 0.5) is 0 Å². The molecule has 9 heteroatoms. The van der Waals surface area contributed by atoms with E-state index in [1.807, 2.05) is 0 Å². The van der Waals surface area contributed by atoms with E-state index in [2.05, 4.69) is 33.8 Å². The number of aliphatic imine (C=N–C) groups is 1. The van der Waals surface area contributed by atoms with Crippen LogP contribution in [0.1, 0.15) is 92.4 Å². The van der Waals surface area contributed by atoms with Crippen LogP contribution in [-0.2, 0) is 19.0 Å². The van der Waals surface area contributed by atoms with E-state index in [-0.39, 0.29) is 34.9 Å². The van der Waals surface area contributed by atoms with Gasteiger partial charge in [0.05, 0.1) is 12.7 Å². The molecular formula is C35H55NO8. The van der Waals surface area contributed by atoms with Crippen molar-refractivity contribution >= 4 is 11.7 Å². The number of rotatable bonds is 6. The second kappa shape index (κ2) is 12.3. The molecule has 0 bridgehead atoms. The van der Waals surface area contributed by atoms with Gasteiger partial charge in [0.15, 0.2) is 6.29 Å². The molecule has 0 amide bonds. The molecule has 2 aliphatic heterocycles. The number of hydrogen-bond acceptors (Lipinski definition) is 9. The fourth-order valence-electron chi connectivity index (χ4n) is 10.8. The molecule has 4 aliphatic carbocycles. The highest BCUT2D eigenvalue weighted by Gasteiger charge is 2.63. The Kier molecular flexibility index (Phi) is 9.14. The molecule has 1 saturated heterocycles. The molecule has 4 fully saturated rings. The SMILES string of the molecule is CC(=O)O[C@H]1C[C@H]2[C@@H]3CC=C4CC(O[C@@H]5O[C@H](CO)[C@@H](O)[C@H](O)[C@H]5O)CC[C@]4(C)[C@H]3CC[C@]2(C)[C@H]1[C@H](C)C1=NC[C@@H](C)CC1. The summed E-state index contributed by atoms with van der Waals surface area (Å²) in [6.07, 6.45) is 4.89. The summed E-state index contributed by atoms with van der Waals surface area (Å²) in [4.78, 5) is 17.4. The Bertz CT molecular complexity index is 1140. The quantitative estimate of drug-likeness (QED) is 0.261. The fraction of sp³-hybridized carbons (Fsp3) is 0.886. The lowest BCUT2D eigenvalue weighted by molar-refractivity contribution is -0.313. The zero-order chi connectivity index (χ0) is 31.6. The van der Waals surface area contributed by atoms with E-state index >= 15 is 0 Å². The minimum absolute atomic E-state index is 0.0592. The number of carbonyl (C=O) groups is 1. The van der Waals surface area contributed by atoms with E-state index in [1.165, 1.54) is 17.7 Å². The highest BCUT2D eigenvalue weighted by molar-refractivity contribution is 5.87. The molecule has 9 nitrogen and oxygen atoms in total. The van der Waals surface area contributed by atoms with Gasteiger partial charge in [-0.05, 0) is 92.3 Å². The van der Waals surface area contributed by atoms with Gasteiger partial charge in [-0.1, -0.05) is 39.3 Å². The Balaban J connectivity index is 1.20. The van der Waals surface area contributed by atoms with Crippen molar-refractivity contribution in [2.75, 3.05) is 13.2 Å². The maximum absolute atomic E-state index is 12.3. The Labute approximate surface area is 262 Å². The minimum atomic E-state index is -1.44. The van der Waals surface area contributed by atoms with Gasteiger partial charge in [-0.3, -0.25) is 9.79 Å². The summed E-state index contributed by atoms with van der Waals surface area (Å²) in [6.45, 7) is 11.5. The van der Waals surface area contributed by atoms with Crippen molar-refractivity contribution < 1.29 is 39.4 Å². The largest absolute Gasteiger partial charge is 0.462 e. The predicted octanol–water partition coefficient (Wildman–Crippen LogP) is 3.80. The first-order valence-corrected chi connectivity index (χ1v) is 17.2. The van der Waals surface area contributed by atoms with Gasteiger partial charge in [0, 0.05) is 31.0 Å². The molecule has 248 valence electrons. The molecular weight excluding hydrogens is 562 g/mol. The minimum Gasteiger partial charge on any atom is -0.462 e. The third kappa shape index (κ3) is 5.51. The summed E-state index contributed by atoms with van der Waals surface area (Å²) in [5, 5.41) is 40.5. The normalized spacial score (nSPS) is 49.6. The fourth-order valence-corrected chi connectivity index (χ4v) is 10.8. The number of aliphatic hydroxyl groups excluding tert-OH is 4. The number of nitrogens with zero attached hydrogens (tertiary/aromatic N) is 1.